The number of rotatable bonds is 6. The molecule has 6 nitrogen and oxygen atoms in total. The second-order valence-corrected chi connectivity index (χ2v) is 8.29. The average molecular weight is 375 g/mol. The van der Waals surface area contributed by atoms with Gasteiger partial charge >= 0.3 is 0 Å². The molecule has 1 N–H and O–H groups in total. The standard InChI is InChI=1S/C19H25N3O3S/c1-3-15-4-7-18(8-5-15)26(23,24)21-16-6-9-19(20-14-16)25-17-10-12-22(2)13-11-17/h4-9,14,17,21H,3,10-13H2,1-2H3. The molecular formula is C19H25N3O3S. The molecule has 1 fully saturated rings. The van der Waals surface area contributed by atoms with E-state index >= 15 is 0 Å². The number of sulfonamides is 1. The lowest BCUT2D eigenvalue weighted by atomic mass is 10.1. The number of ether oxygens (including phenoxy) is 1. The van der Waals surface area contributed by atoms with Crippen LogP contribution in [0, 0.1) is 0 Å². The van der Waals surface area contributed by atoms with Crippen molar-refractivity contribution >= 4 is 15.7 Å². The third-order valence-electron chi connectivity index (χ3n) is 4.58. The fraction of sp³-hybridized carbons (Fsp3) is 0.421. The minimum atomic E-state index is -3.62. The van der Waals surface area contributed by atoms with E-state index in [9.17, 15) is 8.42 Å². The number of pyridine rings is 1. The predicted octanol–water partition coefficient (Wildman–Crippen LogP) is 2.92. The zero-order valence-corrected chi connectivity index (χ0v) is 16.0. The summed E-state index contributed by atoms with van der Waals surface area (Å²) in [5, 5.41) is 0. The Morgan fingerprint density at radius 2 is 1.85 bits per heavy atom. The highest BCUT2D eigenvalue weighted by Crippen LogP contribution is 2.20. The van der Waals surface area contributed by atoms with E-state index in [1.165, 1.54) is 6.20 Å². The number of nitrogens with one attached hydrogen (secondary N) is 1. The van der Waals surface area contributed by atoms with Crippen LogP contribution in [0.3, 0.4) is 0 Å². The van der Waals surface area contributed by atoms with Crippen molar-refractivity contribution in [1.82, 2.24) is 9.88 Å². The Labute approximate surface area is 155 Å². The Bertz CT molecular complexity index is 812. The molecule has 0 atom stereocenters. The molecule has 2 heterocycles. The molecule has 1 aromatic carbocycles. The Balaban J connectivity index is 1.62. The SMILES string of the molecule is CCc1ccc(S(=O)(=O)Nc2ccc(OC3CCN(C)CC3)nc2)cc1. The van der Waals surface area contributed by atoms with Crippen molar-refractivity contribution < 1.29 is 13.2 Å². The van der Waals surface area contributed by atoms with Gasteiger partial charge in [-0.05, 0) is 50.1 Å². The van der Waals surface area contributed by atoms with Gasteiger partial charge in [-0.25, -0.2) is 13.4 Å². The summed E-state index contributed by atoms with van der Waals surface area (Å²) in [6.07, 6.45) is 4.47. The van der Waals surface area contributed by atoms with Crippen molar-refractivity contribution in [2.24, 2.45) is 0 Å². The minimum absolute atomic E-state index is 0.165. The fourth-order valence-corrected chi connectivity index (χ4v) is 3.95. The van der Waals surface area contributed by atoms with E-state index in [2.05, 4.69) is 21.7 Å². The number of nitrogens with zero attached hydrogens (tertiary/aromatic N) is 2. The third-order valence-corrected chi connectivity index (χ3v) is 5.98. The van der Waals surface area contributed by atoms with Gasteiger partial charge in [0.1, 0.15) is 6.10 Å². The number of aromatic nitrogens is 1. The van der Waals surface area contributed by atoms with Gasteiger partial charge in [0.15, 0.2) is 0 Å². The molecule has 0 saturated carbocycles. The van der Waals surface area contributed by atoms with E-state index in [1.54, 1.807) is 24.3 Å². The summed E-state index contributed by atoms with van der Waals surface area (Å²) >= 11 is 0. The van der Waals surface area contributed by atoms with E-state index in [0.29, 0.717) is 11.6 Å². The maximum absolute atomic E-state index is 12.5. The first-order valence-electron chi connectivity index (χ1n) is 8.89. The zero-order chi connectivity index (χ0) is 18.6. The molecule has 2 aromatic rings. The van der Waals surface area contributed by atoms with Crippen LogP contribution in [0.5, 0.6) is 5.88 Å². The lowest BCUT2D eigenvalue weighted by Crippen LogP contribution is -2.35. The normalized spacial score (nSPS) is 16.4. The number of hydrogen-bond donors (Lipinski definition) is 1. The van der Waals surface area contributed by atoms with Gasteiger partial charge in [0, 0.05) is 19.2 Å². The maximum Gasteiger partial charge on any atom is 0.261 e. The van der Waals surface area contributed by atoms with Crippen LogP contribution in [0.25, 0.3) is 0 Å². The van der Waals surface area contributed by atoms with E-state index in [-0.39, 0.29) is 11.0 Å². The first-order chi connectivity index (χ1) is 12.5. The molecule has 26 heavy (non-hydrogen) atoms. The molecule has 0 bridgehead atoms. The minimum Gasteiger partial charge on any atom is -0.474 e. The van der Waals surface area contributed by atoms with E-state index < -0.39 is 10.0 Å². The van der Waals surface area contributed by atoms with E-state index in [1.807, 2.05) is 19.1 Å². The summed E-state index contributed by atoms with van der Waals surface area (Å²) < 4.78 is 33.4. The van der Waals surface area contributed by atoms with Gasteiger partial charge in [0.25, 0.3) is 10.0 Å². The van der Waals surface area contributed by atoms with Crippen molar-refractivity contribution in [3.8, 4) is 5.88 Å². The van der Waals surface area contributed by atoms with E-state index in [0.717, 1.165) is 37.9 Å². The Kier molecular flexibility index (Phi) is 5.78. The fourth-order valence-electron chi connectivity index (χ4n) is 2.90. The van der Waals surface area contributed by atoms with Crippen molar-refractivity contribution in [2.45, 2.75) is 37.2 Å². The number of benzene rings is 1. The lowest BCUT2D eigenvalue weighted by molar-refractivity contribution is 0.110. The van der Waals surface area contributed by atoms with Crippen LogP contribution in [-0.4, -0.2) is 44.5 Å². The Morgan fingerprint density at radius 3 is 2.42 bits per heavy atom. The van der Waals surface area contributed by atoms with Gasteiger partial charge in [-0.15, -0.1) is 0 Å². The highest BCUT2D eigenvalue weighted by Gasteiger charge is 2.19. The quantitative estimate of drug-likeness (QED) is 0.840. The van der Waals surface area contributed by atoms with Crippen molar-refractivity contribution in [2.75, 3.05) is 24.9 Å². The van der Waals surface area contributed by atoms with Crippen molar-refractivity contribution in [3.05, 3.63) is 48.2 Å². The van der Waals surface area contributed by atoms with Crippen LogP contribution in [0.1, 0.15) is 25.3 Å². The molecule has 3 rings (SSSR count). The number of piperidine rings is 1. The van der Waals surface area contributed by atoms with Crippen LogP contribution in [0.4, 0.5) is 5.69 Å². The van der Waals surface area contributed by atoms with Crippen LogP contribution in [-0.2, 0) is 16.4 Å². The van der Waals surface area contributed by atoms with Crippen LogP contribution in [0.2, 0.25) is 0 Å². The molecule has 1 aliphatic rings. The smallest absolute Gasteiger partial charge is 0.261 e. The Morgan fingerprint density at radius 1 is 1.15 bits per heavy atom. The van der Waals surface area contributed by atoms with Gasteiger partial charge in [-0.3, -0.25) is 4.72 Å². The summed E-state index contributed by atoms with van der Waals surface area (Å²) in [5.74, 6) is 0.523. The Hall–Kier alpha value is -2.12. The lowest BCUT2D eigenvalue weighted by Gasteiger charge is -2.28. The molecule has 7 heteroatoms. The first kappa shape index (κ1) is 18.7. The van der Waals surface area contributed by atoms with Crippen molar-refractivity contribution in [1.29, 1.82) is 0 Å². The summed E-state index contributed by atoms with van der Waals surface area (Å²) in [7, 11) is -1.52. The number of likely N-dealkylation sites (tertiary alicyclic amines) is 1. The highest BCUT2D eigenvalue weighted by atomic mass is 32.2. The molecule has 1 saturated heterocycles. The van der Waals surface area contributed by atoms with Crippen LogP contribution in [0.15, 0.2) is 47.5 Å². The molecule has 1 aromatic heterocycles. The monoisotopic (exact) mass is 375 g/mol. The molecular weight excluding hydrogens is 350 g/mol. The number of hydrogen-bond acceptors (Lipinski definition) is 5. The molecule has 0 spiro atoms. The molecule has 0 aliphatic carbocycles. The molecule has 1 aliphatic heterocycles. The number of aryl methyl sites for hydroxylation is 1. The molecule has 0 radical (unpaired) electrons. The molecule has 0 amide bonds. The second-order valence-electron chi connectivity index (χ2n) is 6.61. The van der Waals surface area contributed by atoms with Gasteiger partial charge in [0.2, 0.25) is 5.88 Å². The summed E-state index contributed by atoms with van der Waals surface area (Å²) in [5.41, 5.74) is 1.52. The first-order valence-corrected chi connectivity index (χ1v) is 10.4. The van der Waals surface area contributed by atoms with Crippen LogP contribution < -0.4 is 9.46 Å². The predicted molar refractivity (Wildman–Crippen MR) is 102 cm³/mol. The van der Waals surface area contributed by atoms with Crippen LogP contribution >= 0.6 is 0 Å². The van der Waals surface area contributed by atoms with Crippen molar-refractivity contribution in [3.63, 3.8) is 0 Å². The maximum atomic E-state index is 12.5. The van der Waals surface area contributed by atoms with Gasteiger partial charge in [-0.2, -0.15) is 0 Å². The van der Waals surface area contributed by atoms with Gasteiger partial charge in [0.05, 0.1) is 16.8 Å². The average Bonchev–Trinajstić information content (AvgIpc) is 2.65. The zero-order valence-electron chi connectivity index (χ0n) is 15.2. The summed E-state index contributed by atoms with van der Waals surface area (Å²) in [6.45, 7) is 4.06. The third kappa shape index (κ3) is 4.74. The summed E-state index contributed by atoms with van der Waals surface area (Å²) in [4.78, 5) is 6.75. The van der Waals surface area contributed by atoms with Gasteiger partial charge in [-0.1, -0.05) is 19.1 Å². The largest absolute Gasteiger partial charge is 0.474 e. The topological polar surface area (TPSA) is 71.5 Å². The van der Waals surface area contributed by atoms with E-state index in [4.69, 9.17) is 4.74 Å². The molecule has 140 valence electrons. The highest BCUT2D eigenvalue weighted by molar-refractivity contribution is 7.92. The summed E-state index contributed by atoms with van der Waals surface area (Å²) in [6, 6.07) is 10.3. The number of anilines is 1. The second kappa shape index (κ2) is 8.05. The molecule has 0 unspecified atom stereocenters. The van der Waals surface area contributed by atoms with Gasteiger partial charge < -0.3 is 9.64 Å².